The fraction of sp³-hybridized carbons (Fsp3) is 0.471. The molecule has 24 heavy (non-hydrogen) atoms. The van der Waals surface area contributed by atoms with Crippen LogP contribution in [0.15, 0.2) is 24.5 Å². The number of fused-ring (bicyclic) bond motifs is 1. The van der Waals surface area contributed by atoms with E-state index in [0.717, 1.165) is 61.9 Å². The minimum absolute atomic E-state index is 0.451. The standard InChI is InChI=1S/C17H23N7/c1-24(11-13-4-9-20-23-13)17-14-5-8-19-10-15(14)21-16(22-17)12-2-6-18-7-3-12/h2-3,6-7,13,19-20,23H,4-5,8-11H2,1H3. The Morgan fingerprint density at radius 3 is 2.88 bits per heavy atom. The number of hydrazine groups is 1. The summed E-state index contributed by atoms with van der Waals surface area (Å²) in [6.45, 7) is 3.74. The topological polar surface area (TPSA) is 78.0 Å². The molecule has 0 aliphatic carbocycles. The van der Waals surface area contributed by atoms with Gasteiger partial charge in [-0.05, 0) is 31.5 Å². The predicted molar refractivity (Wildman–Crippen MR) is 93.5 cm³/mol. The molecule has 2 aromatic rings. The van der Waals surface area contributed by atoms with Gasteiger partial charge in [-0.25, -0.2) is 9.97 Å². The van der Waals surface area contributed by atoms with Gasteiger partial charge in [-0.15, -0.1) is 0 Å². The lowest BCUT2D eigenvalue weighted by Crippen LogP contribution is -2.40. The van der Waals surface area contributed by atoms with Gasteiger partial charge in [0.2, 0.25) is 0 Å². The number of nitrogens with one attached hydrogen (secondary N) is 3. The van der Waals surface area contributed by atoms with Gasteiger partial charge in [0.25, 0.3) is 0 Å². The van der Waals surface area contributed by atoms with E-state index < -0.39 is 0 Å². The van der Waals surface area contributed by atoms with E-state index >= 15 is 0 Å². The highest BCUT2D eigenvalue weighted by Gasteiger charge is 2.23. The van der Waals surface area contributed by atoms with Crippen molar-refractivity contribution in [2.24, 2.45) is 0 Å². The Kier molecular flexibility index (Phi) is 4.38. The molecule has 0 aromatic carbocycles. The predicted octanol–water partition coefficient (Wildman–Crippen LogP) is 0.487. The molecule has 0 saturated carbocycles. The summed E-state index contributed by atoms with van der Waals surface area (Å²) in [7, 11) is 2.13. The normalized spacial score (nSPS) is 20.0. The zero-order valence-corrected chi connectivity index (χ0v) is 13.9. The van der Waals surface area contributed by atoms with Crippen LogP contribution in [0.5, 0.6) is 0 Å². The van der Waals surface area contributed by atoms with E-state index in [-0.39, 0.29) is 0 Å². The first kappa shape index (κ1) is 15.4. The molecule has 0 radical (unpaired) electrons. The van der Waals surface area contributed by atoms with Gasteiger partial charge in [0.1, 0.15) is 5.82 Å². The Bertz CT molecular complexity index is 698. The van der Waals surface area contributed by atoms with Crippen LogP contribution in [-0.4, -0.2) is 47.7 Å². The maximum atomic E-state index is 4.91. The highest BCUT2D eigenvalue weighted by Crippen LogP contribution is 2.27. The first-order valence-electron chi connectivity index (χ1n) is 8.51. The van der Waals surface area contributed by atoms with Crippen molar-refractivity contribution in [2.45, 2.75) is 25.4 Å². The van der Waals surface area contributed by atoms with Gasteiger partial charge in [0.15, 0.2) is 5.82 Å². The molecule has 2 aliphatic heterocycles. The fourth-order valence-electron chi connectivity index (χ4n) is 3.37. The highest BCUT2D eigenvalue weighted by atomic mass is 15.4. The molecule has 3 N–H and O–H groups in total. The van der Waals surface area contributed by atoms with E-state index in [1.807, 2.05) is 12.1 Å². The quantitative estimate of drug-likeness (QED) is 0.755. The molecule has 2 aliphatic rings. The molecular weight excluding hydrogens is 302 g/mol. The molecule has 4 heterocycles. The SMILES string of the molecule is CN(CC1CCNN1)c1nc(-c2ccncc2)nc2c1CCNC2. The minimum atomic E-state index is 0.451. The van der Waals surface area contributed by atoms with E-state index in [1.54, 1.807) is 12.4 Å². The molecule has 4 rings (SSSR count). The van der Waals surface area contributed by atoms with Gasteiger partial charge in [0, 0.05) is 56.2 Å². The maximum Gasteiger partial charge on any atom is 0.161 e. The van der Waals surface area contributed by atoms with Crippen molar-refractivity contribution in [3.05, 3.63) is 35.8 Å². The average Bonchev–Trinajstić information content (AvgIpc) is 3.14. The van der Waals surface area contributed by atoms with Crippen LogP contribution in [0.3, 0.4) is 0 Å². The summed E-state index contributed by atoms with van der Waals surface area (Å²) in [5.74, 6) is 1.83. The van der Waals surface area contributed by atoms with E-state index in [0.29, 0.717) is 6.04 Å². The van der Waals surface area contributed by atoms with Crippen molar-refractivity contribution in [3.8, 4) is 11.4 Å². The monoisotopic (exact) mass is 325 g/mol. The second-order valence-corrected chi connectivity index (χ2v) is 6.40. The summed E-state index contributed by atoms with van der Waals surface area (Å²) < 4.78 is 0. The van der Waals surface area contributed by atoms with Crippen LogP contribution in [0, 0.1) is 0 Å². The molecule has 2 aromatic heterocycles. The summed E-state index contributed by atoms with van der Waals surface area (Å²) in [5, 5.41) is 3.42. The molecular formula is C17H23N7. The zero-order valence-electron chi connectivity index (χ0n) is 13.9. The van der Waals surface area contributed by atoms with Crippen molar-refractivity contribution in [1.82, 2.24) is 31.1 Å². The summed E-state index contributed by atoms with van der Waals surface area (Å²) in [6, 6.07) is 4.38. The van der Waals surface area contributed by atoms with E-state index in [4.69, 9.17) is 9.97 Å². The smallest absolute Gasteiger partial charge is 0.161 e. The van der Waals surface area contributed by atoms with Gasteiger partial charge in [0.05, 0.1) is 5.69 Å². The second kappa shape index (κ2) is 6.80. The first-order valence-corrected chi connectivity index (χ1v) is 8.51. The van der Waals surface area contributed by atoms with Crippen LogP contribution in [0.25, 0.3) is 11.4 Å². The molecule has 0 spiro atoms. The number of nitrogens with zero attached hydrogens (tertiary/aromatic N) is 4. The third-order valence-corrected chi connectivity index (χ3v) is 4.63. The van der Waals surface area contributed by atoms with Gasteiger partial charge >= 0.3 is 0 Å². The van der Waals surface area contributed by atoms with E-state index in [1.165, 1.54) is 5.56 Å². The lowest BCUT2D eigenvalue weighted by atomic mass is 10.1. The Hall–Kier alpha value is -2.09. The number of rotatable bonds is 4. The summed E-state index contributed by atoms with van der Waals surface area (Å²) >= 11 is 0. The van der Waals surface area contributed by atoms with Crippen LogP contribution in [0.4, 0.5) is 5.82 Å². The molecule has 1 fully saturated rings. The second-order valence-electron chi connectivity index (χ2n) is 6.40. The molecule has 7 nitrogen and oxygen atoms in total. The summed E-state index contributed by atoms with van der Waals surface area (Å²) in [6.07, 6.45) is 5.68. The largest absolute Gasteiger partial charge is 0.358 e. The van der Waals surface area contributed by atoms with Gasteiger partial charge in [-0.3, -0.25) is 15.8 Å². The number of anilines is 1. The maximum absolute atomic E-state index is 4.91. The first-order chi connectivity index (χ1) is 11.8. The molecule has 1 unspecified atom stereocenters. The van der Waals surface area contributed by atoms with Gasteiger partial charge in [-0.2, -0.15) is 0 Å². The van der Waals surface area contributed by atoms with Crippen LogP contribution in [0.1, 0.15) is 17.7 Å². The van der Waals surface area contributed by atoms with Crippen molar-refractivity contribution in [3.63, 3.8) is 0 Å². The molecule has 1 saturated heterocycles. The summed E-state index contributed by atoms with van der Waals surface area (Å²) in [5.41, 5.74) is 9.93. The van der Waals surface area contributed by atoms with Gasteiger partial charge < -0.3 is 10.2 Å². The molecule has 1 atom stereocenters. The molecule has 0 bridgehead atoms. The molecule has 0 amide bonds. The third-order valence-electron chi connectivity index (χ3n) is 4.63. The number of likely N-dealkylation sites (N-methyl/N-ethyl adjacent to an activating group) is 1. The van der Waals surface area contributed by atoms with Crippen molar-refractivity contribution < 1.29 is 0 Å². The lowest BCUT2D eigenvalue weighted by Gasteiger charge is -2.27. The number of hydrogen-bond acceptors (Lipinski definition) is 7. The average molecular weight is 325 g/mol. The number of aromatic nitrogens is 3. The lowest BCUT2D eigenvalue weighted by molar-refractivity contribution is 0.548. The van der Waals surface area contributed by atoms with Crippen LogP contribution >= 0.6 is 0 Å². The molecule has 126 valence electrons. The number of hydrogen-bond donors (Lipinski definition) is 3. The Morgan fingerprint density at radius 2 is 2.08 bits per heavy atom. The van der Waals surface area contributed by atoms with E-state index in [2.05, 4.69) is 33.1 Å². The zero-order chi connectivity index (χ0) is 16.4. The van der Waals surface area contributed by atoms with Gasteiger partial charge in [-0.1, -0.05) is 0 Å². The van der Waals surface area contributed by atoms with Crippen LogP contribution in [-0.2, 0) is 13.0 Å². The summed E-state index contributed by atoms with van der Waals surface area (Å²) in [4.78, 5) is 16.1. The Balaban J connectivity index is 1.70. The third kappa shape index (κ3) is 3.10. The highest BCUT2D eigenvalue weighted by molar-refractivity contribution is 5.60. The van der Waals surface area contributed by atoms with Crippen molar-refractivity contribution in [1.29, 1.82) is 0 Å². The van der Waals surface area contributed by atoms with Crippen LogP contribution < -0.4 is 21.1 Å². The Morgan fingerprint density at radius 1 is 1.21 bits per heavy atom. The fourth-order valence-corrected chi connectivity index (χ4v) is 3.37. The van der Waals surface area contributed by atoms with Crippen molar-refractivity contribution in [2.75, 3.05) is 31.6 Å². The van der Waals surface area contributed by atoms with Crippen LogP contribution in [0.2, 0.25) is 0 Å². The van der Waals surface area contributed by atoms with Crippen molar-refractivity contribution >= 4 is 5.82 Å². The number of pyridine rings is 1. The minimum Gasteiger partial charge on any atom is -0.358 e. The molecule has 7 heteroatoms. The van der Waals surface area contributed by atoms with E-state index in [9.17, 15) is 0 Å². The Labute approximate surface area is 141 Å².